The molecule has 3 aromatic rings. The lowest BCUT2D eigenvalue weighted by molar-refractivity contribution is 0.0893. The maximum absolute atomic E-state index is 13.4. The van der Waals surface area contributed by atoms with Crippen molar-refractivity contribution in [3.63, 3.8) is 0 Å². The molecule has 0 bridgehead atoms. The molecule has 0 radical (unpaired) electrons. The third kappa shape index (κ3) is 3.38. The highest BCUT2D eigenvalue weighted by molar-refractivity contribution is 5.94. The van der Waals surface area contributed by atoms with Crippen molar-refractivity contribution in [1.29, 1.82) is 5.26 Å². The third-order valence-electron chi connectivity index (χ3n) is 6.20. The molecule has 0 aliphatic heterocycles. The molecule has 1 fully saturated rings. The van der Waals surface area contributed by atoms with Crippen LogP contribution in [0.4, 0.5) is 0 Å². The number of hydrogen-bond acceptors (Lipinski definition) is 5. The van der Waals surface area contributed by atoms with Gasteiger partial charge in [0.05, 0.1) is 23.0 Å². The zero-order chi connectivity index (χ0) is 21.8. The summed E-state index contributed by atoms with van der Waals surface area (Å²) in [5.74, 6) is 1.49. The summed E-state index contributed by atoms with van der Waals surface area (Å²) in [4.78, 5) is 22.3. The first-order chi connectivity index (χ1) is 14.9. The SMILES string of the molecule is CC(C)(C)[C@@H](NC(=O)c1nn(-c2ccc(C#N)cn2)c2c1C[C@H]1C[C@@H]21)c1ccccn1. The predicted molar refractivity (Wildman–Crippen MR) is 115 cm³/mol. The van der Waals surface area contributed by atoms with E-state index in [1.54, 1.807) is 29.2 Å². The van der Waals surface area contributed by atoms with E-state index in [2.05, 4.69) is 42.1 Å². The minimum Gasteiger partial charge on any atom is -0.342 e. The molecule has 156 valence electrons. The number of nitriles is 1. The normalized spacial score (nSPS) is 19.8. The number of aromatic nitrogens is 4. The van der Waals surface area contributed by atoms with Crippen LogP contribution in [0.3, 0.4) is 0 Å². The van der Waals surface area contributed by atoms with Crippen LogP contribution >= 0.6 is 0 Å². The van der Waals surface area contributed by atoms with Gasteiger partial charge in [-0.2, -0.15) is 10.4 Å². The van der Waals surface area contributed by atoms with Crippen LogP contribution in [0, 0.1) is 22.7 Å². The van der Waals surface area contributed by atoms with Crippen molar-refractivity contribution in [3.05, 3.63) is 70.9 Å². The van der Waals surface area contributed by atoms with E-state index in [1.165, 1.54) is 0 Å². The Morgan fingerprint density at radius 1 is 1.26 bits per heavy atom. The van der Waals surface area contributed by atoms with Crippen molar-refractivity contribution in [2.45, 2.75) is 45.6 Å². The molecule has 5 rings (SSSR count). The maximum atomic E-state index is 13.4. The number of pyridine rings is 2. The Bertz CT molecular complexity index is 1180. The van der Waals surface area contributed by atoms with Gasteiger partial charge in [-0.05, 0) is 48.4 Å². The quantitative estimate of drug-likeness (QED) is 0.705. The van der Waals surface area contributed by atoms with E-state index in [0.29, 0.717) is 28.9 Å². The minimum absolute atomic E-state index is 0.185. The lowest BCUT2D eigenvalue weighted by Crippen LogP contribution is -2.37. The molecular formula is C24H24N6O. The molecule has 3 atom stereocenters. The van der Waals surface area contributed by atoms with Crippen LogP contribution in [-0.4, -0.2) is 25.7 Å². The summed E-state index contributed by atoms with van der Waals surface area (Å²) in [5.41, 5.74) is 3.70. The zero-order valence-corrected chi connectivity index (χ0v) is 17.8. The highest BCUT2D eigenvalue weighted by atomic mass is 16.2. The molecule has 3 heterocycles. The average molecular weight is 412 g/mol. The van der Waals surface area contributed by atoms with E-state index in [9.17, 15) is 4.79 Å². The van der Waals surface area contributed by atoms with Crippen molar-refractivity contribution in [2.75, 3.05) is 0 Å². The average Bonchev–Trinajstić information content (AvgIpc) is 3.26. The predicted octanol–water partition coefficient (Wildman–Crippen LogP) is 3.71. The Kier molecular flexibility index (Phi) is 4.40. The summed E-state index contributed by atoms with van der Waals surface area (Å²) in [5, 5.41) is 16.9. The van der Waals surface area contributed by atoms with Crippen LogP contribution < -0.4 is 5.32 Å². The van der Waals surface area contributed by atoms with Crippen LogP contribution in [-0.2, 0) is 6.42 Å². The van der Waals surface area contributed by atoms with Crippen molar-refractivity contribution < 1.29 is 4.79 Å². The molecule has 2 aliphatic rings. The molecule has 7 nitrogen and oxygen atoms in total. The largest absolute Gasteiger partial charge is 0.342 e. The number of nitrogens with one attached hydrogen (secondary N) is 1. The van der Waals surface area contributed by atoms with E-state index in [1.807, 2.05) is 18.2 Å². The van der Waals surface area contributed by atoms with E-state index in [0.717, 1.165) is 29.8 Å². The van der Waals surface area contributed by atoms with Crippen LogP contribution in [0.25, 0.3) is 5.82 Å². The summed E-state index contributed by atoms with van der Waals surface area (Å²) in [6.45, 7) is 6.27. The van der Waals surface area contributed by atoms with Gasteiger partial charge in [0.15, 0.2) is 11.5 Å². The first-order valence-corrected chi connectivity index (χ1v) is 10.6. The second-order valence-electron chi connectivity index (χ2n) is 9.47. The fourth-order valence-corrected chi connectivity index (χ4v) is 4.53. The number of hydrogen-bond donors (Lipinski definition) is 1. The molecular weight excluding hydrogens is 388 g/mol. The smallest absolute Gasteiger partial charge is 0.272 e. The molecule has 31 heavy (non-hydrogen) atoms. The van der Waals surface area contributed by atoms with Gasteiger partial charge in [0, 0.05) is 23.9 Å². The molecule has 0 unspecified atom stereocenters. The van der Waals surface area contributed by atoms with Gasteiger partial charge in [0.1, 0.15) is 6.07 Å². The third-order valence-corrected chi connectivity index (χ3v) is 6.20. The molecule has 1 saturated carbocycles. The van der Waals surface area contributed by atoms with Gasteiger partial charge >= 0.3 is 0 Å². The van der Waals surface area contributed by atoms with Crippen molar-refractivity contribution in [1.82, 2.24) is 25.1 Å². The van der Waals surface area contributed by atoms with Gasteiger partial charge in [-0.1, -0.05) is 26.8 Å². The van der Waals surface area contributed by atoms with Crippen LogP contribution in [0.1, 0.15) is 72.2 Å². The highest BCUT2D eigenvalue weighted by Crippen LogP contribution is 2.57. The number of amides is 1. The molecule has 1 amide bonds. The fourth-order valence-electron chi connectivity index (χ4n) is 4.53. The monoisotopic (exact) mass is 412 g/mol. The minimum atomic E-state index is -0.244. The first kappa shape index (κ1) is 19.4. The van der Waals surface area contributed by atoms with Crippen LogP contribution in [0.15, 0.2) is 42.7 Å². The molecule has 7 heteroatoms. The second-order valence-corrected chi connectivity index (χ2v) is 9.47. The number of fused-ring (bicyclic) bond motifs is 3. The number of nitrogens with zero attached hydrogens (tertiary/aromatic N) is 5. The summed E-state index contributed by atoms with van der Waals surface area (Å²) < 4.78 is 1.80. The molecule has 2 aliphatic carbocycles. The number of carbonyl (C=O) groups excluding carboxylic acids is 1. The van der Waals surface area contributed by atoms with E-state index in [-0.39, 0.29) is 17.4 Å². The van der Waals surface area contributed by atoms with Crippen LogP contribution in [0.2, 0.25) is 0 Å². The fraction of sp³-hybridized carbons (Fsp3) is 0.375. The zero-order valence-electron chi connectivity index (χ0n) is 17.8. The maximum Gasteiger partial charge on any atom is 0.272 e. The molecule has 0 saturated heterocycles. The Morgan fingerprint density at radius 2 is 2.10 bits per heavy atom. The molecule has 1 N–H and O–H groups in total. The second kappa shape index (κ2) is 7.02. The standard InChI is InChI=1S/C24H24N6O/c1-24(2,3)22(18-6-4-5-9-26-18)28-23(31)20-17-11-15-10-16(15)21(17)30(29-20)19-8-7-14(12-25)13-27-19/h4-9,13,15-16,22H,10-11H2,1-3H3,(H,28,31)/t15-,16-,22+/m1/s1. The molecule has 0 spiro atoms. The van der Waals surface area contributed by atoms with Gasteiger partial charge in [-0.15, -0.1) is 0 Å². The Morgan fingerprint density at radius 3 is 2.74 bits per heavy atom. The Balaban J connectivity index is 1.51. The number of rotatable bonds is 4. The van der Waals surface area contributed by atoms with Gasteiger partial charge in [-0.3, -0.25) is 9.78 Å². The van der Waals surface area contributed by atoms with Crippen molar-refractivity contribution >= 4 is 5.91 Å². The molecule has 3 aromatic heterocycles. The summed E-state index contributed by atoms with van der Waals surface area (Å²) in [6.07, 6.45) is 5.30. The molecule has 0 aromatic carbocycles. The Hall–Kier alpha value is -3.53. The van der Waals surface area contributed by atoms with Gasteiger partial charge < -0.3 is 5.32 Å². The highest BCUT2D eigenvalue weighted by Gasteiger charge is 2.50. The van der Waals surface area contributed by atoms with E-state index < -0.39 is 0 Å². The lowest BCUT2D eigenvalue weighted by Gasteiger charge is -2.30. The van der Waals surface area contributed by atoms with Crippen molar-refractivity contribution in [3.8, 4) is 11.9 Å². The summed E-state index contributed by atoms with van der Waals surface area (Å²) >= 11 is 0. The first-order valence-electron chi connectivity index (χ1n) is 10.6. The number of carbonyl (C=O) groups is 1. The van der Waals surface area contributed by atoms with Gasteiger partial charge in [0.2, 0.25) is 0 Å². The van der Waals surface area contributed by atoms with E-state index in [4.69, 9.17) is 10.4 Å². The summed E-state index contributed by atoms with van der Waals surface area (Å²) in [7, 11) is 0. The van der Waals surface area contributed by atoms with Gasteiger partial charge in [0.25, 0.3) is 5.91 Å². The Labute approximate surface area is 181 Å². The lowest BCUT2D eigenvalue weighted by atomic mass is 9.84. The topological polar surface area (TPSA) is 96.5 Å². The van der Waals surface area contributed by atoms with Crippen molar-refractivity contribution in [2.24, 2.45) is 11.3 Å². The summed E-state index contributed by atoms with van der Waals surface area (Å²) in [6, 6.07) is 11.1. The van der Waals surface area contributed by atoms with Crippen LogP contribution in [0.5, 0.6) is 0 Å². The van der Waals surface area contributed by atoms with E-state index >= 15 is 0 Å². The van der Waals surface area contributed by atoms with Gasteiger partial charge in [-0.25, -0.2) is 9.67 Å².